The molecule has 0 aliphatic heterocycles. The summed E-state index contributed by atoms with van der Waals surface area (Å²) in [5.41, 5.74) is 0.786. The van der Waals surface area contributed by atoms with E-state index in [2.05, 4.69) is 12.2 Å². The smallest absolute Gasteiger partial charge is 0.182 e. The van der Waals surface area contributed by atoms with Crippen LogP contribution in [0.5, 0.6) is 0 Å². The molecule has 1 aliphatic carbocycles. The predicted octanol–water partition coefficient (Wildman–Crippen LogP) is 5.55. The van der Waals surface area contributed by atoms with E-state index in [0.29, 0.717) is 24.4 Å². The van der Waals surface area contributed by atoms with E-state index >= 15 is 0 Å². The highest BCUT2D eigenvalue weighted by Gasteiger charge is 2.21. The molecule has 1 saturated carbocycles. The van der Waals surface area contributed by atoms with Gasteiger partial charge in [0.25, 0.3) is 0 Å². The molecule has 0 heterocycles. The molecular formula is C18H27F2N. The second-order valence-corrected chi connectivity index (χ2v) is 6.26. The number of hydrogen-bond acceptors (Lipinski definition) is 1. The molecule has 21 heavy (non-hydrogen) atoms. The maximum Gasteiger partial charge on any atom is 0.182 e. The first kappa shape index (κ1) is 16.3. The zero-order valence-electron chi connectivity index (χ0n) is 13.2. The first-order valence-electron chi connectivity index (χ1n) is 8.36. The van der Waals surface area contributed by atoms with Crippen LogP contribution in [0.4, 0.5) is 14.5 Å². The Morgan fingerprint density at radius 2 is 1.67 bits per heavy atom. The normalized spacial score (nSPS) is 22.3. The minimum Gasteiger partial charge on any atom is -0.383 e. The molecule has 0 amide bonds. The van der Waals surface area contributed by atoms with Gasteiger partial charge in [0.1, 0.15) is 0 Å². The minimum atomic E-state index is -0.732. The number of rotatable bonds is 6. The third kappa shape index (κ3) is 4.18. The number of nitrogens with one attached hydrogen (secondary N) is 1. The second kappa shape index (κ2) is 7.77. The lowest BCUT2D eigenvalue weighted by atomic mass is 9.78. The molecule has 0 saturated heterocycles. The topological polar surface area (TPSA) is 12.0 Å². The van der Waals surface area contributed by atoms with Crippen LogP contribution in [0.15, 0.2) is 12.1 Å². The van der Waals surface area contributed by atoms with Crippen molar-refractivity contribution in [3.8, 4) is 0 Å². The summed E-state index contributed by atoms with van der Waals surface area (Å²) in [6.07, 6.45) is 8.01. The van der Waals surface area contributed by atoms with E-state index < -0.39 is 11.6 Å². The fourth-order valence-corrected chi connectivity index (χ4v) is 3.40. The molecule has 1 nitrogen and oxygen atoms in total. The summed E-state index contributed by atoms with van der Waals surface area (Å²) in [5.74, 6) is 0.165. The highest BCUT2D eigenvalue weighted by Crippen LogP contribution is 2.33. The molecule has 1 N–H and O–H groups in total. The van der Waals surface area contributed by atoms with Crippen LogP contribution in [0, 0.1) is 23.5 Å². The standard InChI is InChI=1S/C18H27F2N/c1-3-13-5-7-14(8-6-13)9-10-15-11-12-16(21-4-2)18(20)17(15)19/h11-14,21H,3-10H2,1-2H3. The lowest BCUT2D eigenvalue weighted by Crippen LogP contribution is -2.15. The fourth-order valence-electron chi connectivity index (χ4n) is 3.40. The third-order valence-corrected chi connectivity index (χ3v) is 4.90. The Kier molecular flexibility index (Phi) is 6.01. The zero-order valence-corrected chi connectivity index (χ0v) is 13.2. The maximum absolute atomic E-state index is 14.0. The average molecular weight is 295 g/mol. The third-order valence-electron chi connectivity index (χ3n) is 4.90. The Bertz CT molecular complexity index is 451. The molecule has 1 aliphatic rings. The Hall–Kier alpha value is -1.12. The highest BCUT2D eigenvalue weighted by molar-refractivity contribution is 5.47. The van der Waals surface area contributed by atoms with Crippen molar-refractivity contribution in [3.63, 3.8) is 0 Å². The van der Waals surface area contributed by atoms with Crippen LogP contribution in [0.25, 0.3) is 0 Å². The van der Waals surface area contributed by atoms with Crippen molar-refractivity contribution in [3.05, 3.63) is 29.3 Å². The largest absolute Gasteiger partial charge is 0.383 e. The van der Waals surface area contributed by atoms with Crippen molar-refractivity contribution in [1.29, 1.82) is 0 Å². The van der Waals surface area contributed by atoms with Gasteiger partial charge in [0, 0.05) is 6.54 Å². The number of benzene rings is 1. The van der Waals surface area contributed by atoms with Gasteiger partial charge in [-0.3, -0.25) is 0 Å². The van der Waals surface area contributed by atoms with E-state index in [1.807, 2.05) is 6.92 Å². The van der Waals surface area contributed by atoms with Gasteiger partial charge in [-0.1, -0.05) is 45.1 Å². The quantitative estimate of drug-likeness (QED) is 0.726. The van der Waals surface area contributed by atoms with E-state index in [1.165, 1.54) is 32.1 Å². The first-order valence-corrected chi connectivity index (χ1v) is 8.36. The average Bonchev–Trinajstić information content (AvgIpc) is 2.52. The molecule has 0 radical (unpaired) electrons. The number of hydrogen-bond donors (Lipinski definition) is 1. The molecule has 0 aromatic heterocycles. The summed E-state index contributed by atoms with van der Waals surface area (Å²) in [6, 6.07) is 3.39. The van der Waals surface area contributed by atoms with Gasteiger partial charge in [0.2, 0.25) is 0 Å². The van der Waals surface area contributed by atoms with Gasteiger partial charge in [0.15, 0.2) is 11.6 Å². The Labute approximate surface area is 127 Å². The van der Waals surface area contributed by atoms with Gasteiger partial charge < -0.3 is 5.32 Å². The summed E-state index contributed by atoms with van der Waals surface area (Å²) in [5, 5.41) is 2.85. The SMILES string of the molecule is CCNc1ccc(CCC2CCC(CC)CC2)c(F)c1F. The summed E-state index contributed by atoms with van der Waals surface area (Å²) >= 11 is 0. The fraction of sp³-hybridized carbons (Fsp3) is 0.667. The van der Waals surface area contributed by atoms with Crippen molar-refractivity contribution in [2.24, 2.45) is 11.8 Å². The van der Waals surface area contributed by atoms with E-state index in [9.17, 15) is 8.78 Å². The summed E-state index contributed by atoms with van der Waals surface area (Å²) in [4.78, 5) is 0. The molecule has 1 aromatic rings. The van der Waals surface area contributed by atoms with Gasteiger partial charge in [0.05, 0.1) is 5.69 Å². The van der Waals surface area contributed by atoms with Crippen LogP contribution in [0.3, 0.4) is 0 Å². The number of aryl methyl sites for hydroxylation is 1. The van der Waals surface area contributed by atoms with Crippen molar-refractivity contribution in [1.82, 2.24) is 0 Å². The molecule has 1 fully saturated rings. The van der Waals surface area contributed by atoms with Gasteiger partial charge in [-0.2, -0.15) is 0 Å². The zero-order chi connectivity index (χ0) is 15.2. The van der Waals surface area contributed by atoms with Crippen molar-refractivity contribution >= 4 is 5.69 Å². The van der Waals surface area contributed by atoms with Gasteiger partial charge in [-0.05, 0) is 43.2 Å². The molecule has 0 bridgehead atoms. The van der Waals surface area contributed by atoms with Crippen molar-refractivity contribution in [2.75, 3.05) is 11.9 Å². The minimum absolute atomic E-state index is 0.266. The van der Waals surface area contributed by atoms with Gasteiger partial charge in [-0.15, -0.1) is 0 Å². The summed E-state index contributed by atoms with van der Waals surface area (Å²) in [7, 11) is 0. The highest BCUT2D eigenvalue weighted by atomic mass is 19.2. The molecule has 0 spiro atoms. The number of halogens is 2. The van der Waals surface area contributed by atoms with E-state index in [1.54, 1.807) is 12.1 Å². The number of anilines is 1. The van der Waals surface area contributed by atoms with E-state index in [0.717, 1.165) is 12.3 Å². The van der Waals surface area contributed by atoms with Crippen LogP contribution in [-0.2, 0) is 6.42 Å². The Morgan fingerprint density at radius 3 is 2.29 bits per heavy atom. The molecular weight excluding hydrogens is 268 g/mol. The first-order chi connectivity index (χ1) is 10.2. The summed E-state index contributed by atoms with van der Waals surface area (Å²) in [6.45, 7) is 4.73. The molecule has 1 aromatic carbocycles. The van der Waals surface area contributed by atoms with E-state index in [-0.39, 0.29) is 5.69 Å². The molecule has 118 valence electrons. The Morgan fingerprint density at radius 1 is 1.00 bits per heavy atom. The van der Waals surface area contributed by atoms with Gasteiger partial charge >= 0.3 is 0 Å². The maximum atomic E-state index is 14.0. The second-order valence-electron chi connectivity index (χ2n) is 6.26. The lowest BCUT2D eigenvalue weighted by molar-refractivity contribution is 0.258. The predicted molar refractivity (Wildman–Crippen MR) is 84.6 cm³/mol. The monoisotopic (exact) mass is 295 g/mol. The van der Waals surface area contributed by atoms with Crippen LogP contribution < -0.4 is 5.32 Å². The van der Waals surface area contributed by atoms with E-state index in [4.69, 9.17) is 0 Å². The molecule has 0 atom stereocenters. The Balaban J connectivity index is 1.90. The van der Waals surface area contributed by atoms with Crippen LogP contribution in [0.2, 0.25) is 0 Å². The van der Waals surface area contributed by atoms with Crippen LogP contribution in [0.1, 0.15) is 57.9 Å². The molecule has 0 unspecified atom stereocenters. The van der Waals surface area contributed by atoms with Crippen LogP contribution >= 0.6 is 0 Å². The lowest BCUT2D eigenvalue weighted by Gasteiger charge is -2.27. The van der Waals surface area contributed by atoms with Crippen LogP contribution in [-0.4, -0.2) is 6.54 Å². The van der Waals surface area contributed by atoms with Gasteiger partial charge in [-0.25, -0.2) is 8.78 Å². The van der Waals surface area contributed by atoms with Crippen molar-refractivity contribution in [2.45, 2.75) is 58.8 Å². The summed E-state index contributed by atoms with van der Waals surface area (Å²) < 4.78 is 27.9. The van der Waals surface area contributed by atoms with Crippen molar-refractivity contribution < 1.29 is 8.78 Å². The molecule has 3 heteroatoms. The molecule has 2 rings (SSSR count).